The molecule has 1 atom stereocenters. The zero-order chi connectivity index (χ0) is 13.3. The quantitative estimate of drug-likeness (QED) is 0.865. The minimum absolute atomic E-state index is 0.500. The highest BCUT2D eigenvalue weighted by Crippen LogP contribution is 2.31. The van der Waals surface area contributed by atoms with Gasteiger partial charge in [0.15, 0.2) is 0 Å². The molecular formula is C13H19N3O2. The minimum atomic E-state index is -0.732. The standard InChI is InChI=1S/C13H19N3O2/c1-9-10(2)15-11(7-14-9)16-6-4-5-13(3,8-16)12(17)18/h7H,4-6,8H2,1-3H3,(H,17,18). The van der Waals surface area contributed by atoms with Crippen LogP contribution in [0.3, 0.4) is 0 Å². The molecule has 5 nitrogen and oxygen atoms in total. The smallest absolute Gasteiger partial charge is 0.311 e. The summed E-state index contributed by atoms with van der Waals surface area (Å²) in [4.78, 5) is 22.1. The average Bonchev–Trinajstić information content (AvgIpc) is 2.32. The lowest BCUT2D eigenvalue weighted by Gasteiger charge is -2.38. The molecule has 18 heavy (non-hydrogen) atoms. The van der Waals surface area contributed by atoms with Gasteiger partial charge in [0.25, 0.3) is 0 Å². The largest absolute Gasteiger partial charge is 0.481 e. The number of aliphatic carboxylic acids is 1. The predicted octanol–water partition coefficient (Wildman–Crippen LogP) is 1.78. The summed E-state index contributed by atoms with van der Waals surface area (Å²) >= 11 is 0. The number of hydrogen-bond donors (Lipinski definition) is 1. The number of aromatic nitrogens is 2. The summed E-state index contributed by atoms with van der Waals surface area (Å²) < 4.78 is 0. The molecule has 1 aliphatic rings. The molecule has 0 aromatic carbocycles. The third kappa shape index (κ3) is 2.30. The van der Waals surface area contributed by atoms with Gasteiger partial charge in [0.1, 0.15) is 5.82 Å². The van der Waals surface area contributed by atoms with Crippen molar-refractivity contribution in [2.24, 2.45) is 5.41 Å². The molecule has 98 valence electrons. The predicted molar refractivity (Wildman–Crippen MR) is 68.7 cm³/mol. The van der Waals surface area contributed by atoms with Crippen LogP contribution in [0, 0.1) is 19.3 Å². The topological polar surface area (TPSA) is 66.3 Å². The Bertz CT molecular complexity index is 475. The van der Waals surface area contributed by atoms with E-state index < -0.39 is 11.4 Å². The average molecular weight is 249 g/mol. The highest BCUT2D eigenvalue weighted by molar-refractivity contribution is 5.75. The van der Waals surface area contributed by atoms with Crippen molar-refractivity contribution < 1.29 is 9.90 Å². The van der Waals surface area contributed by atoms with E-state index in [1.54, 1.807) is 13.1 Å². The molecule has 1 unspecified atom stereocenters. The second-order valence-electron chi connectivity index (χ2n) is 5.29. The monoisotopic (exact) mass is 249 g/mol. The summed E-state index contributed by atoms with van der Waals surface area (Å²) in [7, 11) is 0. The van der Waals surface area contributed by atoms with Crippen molar-refractivity contribution in [2.75, 3.05) is 18.0 Å². The van der Waals surface area contributed by atoms with Crippen LogP contribution in [0.25, 0.3) is 0 Å². The van der Waals surface area contributed by atoms with Gasteiger partial charge in [-0.25, -0.2) is 4.98 Å². The van der Waals surface area contributed by atoms with Crippen molar-refractivity contribution in [3.8, 4) is 0 Å². The van der Waals surface area contributed by atoms with Gasteiger partial charge in [-0.15, -0.1) is 0 Å². The highest BCUT2D eigenvalue weighted by Gasteiger charge is 2.38. The van der Waals surface area contributed by atoms with Crippen LogP contribution in [0.15, 0.2) is 6.20 Å². The van der Waals surface area contributed by atoms with Gasteiger partial charge >= 0.3 is 5.97 Å². The summed E-state index contributed by atoms with van der Waals surface area (Å²) in [5.74, 6) is 0.0502. The van der Waals surface area contributed by atoms with E-state index in [4.69, 9.17) is 0 Å². The van der Waals surface area contributed by atoms with E-state index in [1.165, 1.54) is 0 Å². The van der Waals surface area contributed by atoms with Crippen molar-refractivity contribution in [1.29, 1.82) is 0 Å². The summed E-state index contributed by atoms with van der Waals surface area (Å²) in [5, 5.41) is 9.30. The van der Waals surface area contributed by atoms with Crippen LogP contribution in [0.4, 0.5) is 5.82 Å². The number of nitrogens with zero attached hydrogens (tertiary/aromatic N) is 3. The van der Waals surface area contributed by atoms with Crippen LogP contribution in [0.1, 0.15) is 31.2 Å². The van der Waals surface area contributed by atoms with Gasteiger partial charge in [-0.1, -0.05) is 0 Å². The van der Waals surface area contributed by atoms with Crippen LogP contribution in [-0.2, 0) is 4.79 Å². The normalized spacial score (nSPS) is 24.1. The molecule has 0 amide bonds. The van der Waals surface area contributed by atoms with E-state index in [-0.39, 0.29) is 0 Å². The number of carbonyl (C=O) groups is 1. The van der Waals surface area contributed by atoms with Crippen LogP contribution in [-0.4, -0.2) is 34.1 Å². The fourth-order valence-corrected chi connectivity index (χ4v) is 2.29. The van der Waals surface area contributed by atoms with Gasteiger partial charge in [0.2, 0.25) is 0 Å². The van der Waals surface area contributed by atoms with Gasteiger partial charge in [-0.05, 0) is 33.6 Å². The van der Waals surface area contributed by atoms with Gasteiger partial charge in [0.05, 0.1) is 23.0 Å². The molecule has 1 N–H and O–H groups in total. The van der Waals surface area contributed by atoms with E-state index in [2.05, 4.69) is 9.97 Å². The zero-order valence-electron chi connectivity index (χ0n) is 11.1. The molecule has 1 fully saturated rings. The highest BCUT2D eigenvalue weighted by atomic mass is 16.4. The second kappa shape index (κ2) is 4.55. The van der Waals surface area contributed by atoms with Crippen LogP contribution < -0.4 is 4.90 Å². The van der Waals surface area contributed by atoms with Crippen LogP contribution >= 0.6 is 0 Å². The van der Waals surface area contributed by atoms with E-state index in [0.717, 1.165) is 36.6 Å². The number of carboxylic acids is 1. The van der Waals surface area contributed by atoms with E-state index in [1.807, 2.05) is 18.7 Å². The summed E-state index contributed by atoms with van der Waals surface area (Å²) in [6.07, 6.45) is 3.32. The summed E-state index contributed by atoms with van der Waals surface area (Å²) in [6.45, 7) is 6.99. The molecule has 2 rings (SSSR count). The third-order valence-electron chi connectivity index (χ3n) is 3.72. The maximum atomic E-state index is 11.3. The maximum absolute atomic E-state index is 11.3. The van der Waals surface area contributed by atoms with E-state index >= 15 is 0 Å². The Labute approximate surface area is 107 Å². The Kier molecular flexibility index (Phi) is 3.24. The summed E-state index contributed by atoms with van der Waals surface area (Å²) in [6, 6.07) is 0. The maximum Gasteiger partial charge on any atom is 0.311 e. The minimum Gasteiger partial charge on any atom is -0.481 e. The molecule has 1 aliphatic heterocycles. The van der Waals surface area contributed by atoms with Crippen molar-refractivity contribution in [3.63, 3.8) is 0 Å². The second-order valence-corrected chi connectivity index (χ2v) is 5.29. The molecule has 1 aromatic rings. The van der Waals surface area contributed by atoms with Crippen molar-refractivity contribution in [2.45, 2.75) is 33.6 Å². The number of rotatable bonds is 2. The first-order valence-electron chi connectivity index (χ1n) is 6.21. The molecular weight excluding hydrogens is 230 g/mol. The molecule has 0 bridgehead atoms. The SMILES string of the molecule is Cc1ncc(N2CCCC(C)(C(=O)O)C2)nc1C. The number of piperidine rings is 1. The van der Waals surface area contributed by atoms with E-state index in [9.17, 15) is 9.90 Å². The van der Waals surface area contributed by atoms with Gasteiger partial charge in [-0.2, -0.15) is 0 Å². The Morgan fingerprint density at radius 3 is 2.78 bits per heavy atom. The first-order chi connectivity index (χ1) is 8.42. The number of aryl methyl sites for hydroxylation is 2. The molecule has 5 heteroatoms. The lowest BCUT2D eigenvalue weighted by Crippen LogP contribution is -2.46. The number of carboxylic acid groups (broad SMARTS) is 1. The Balaban J connectivity index is 2.23. The Morgan fingerprint density at radius 2 is 2.17 bits per heavy atom. The van der Waals surface area contributed by atoms with Crippen LogP contribution in [0.5, 0.6) is 0 Å². The molecule has 2 heterocycles. The molecule has 1 saturated heterocycles. The third-order valence-corrected chi connectivity index (χ3v) is 3.72. The van der Waals surface area contributed by atoms with Gasteiger partial charge in [0, 0.05) is 13.1 Å². The van der Waals surface area contributed by atoms with Gasteiger partial charge in [-0.3, -0.25) is 9.78 Å². The fourth-order valence-electron chi connectivity index (χ4n) is 2.29. The zero-order valence-corrected chi connectivity index (χ0v) is 11.1. The first kappa shape index (κ1) is 12.8. The molecule has 0 spiro atoms. The fraction of sp³-hybridized carbons (Fsp3) is 0.615. The Hall–Kier alpha value is -1.65. The van der Waals surface area contributed by atoms with Crippen molar-refractivity contribution in [1.82, 2.24) is 9.97 Å². The lowest BCUT2D eigenvalue weighted by molar-refractivity contribution is -0.148. The molecule has 0 saturated carbocycles. The molecule has 1 aromatic heterocycles. The van der Waals surface area contributed by atoms with Crippen molar-refractivity contribution in [3.05, 3.63) is 17.6 Å². The first-order valence-corrected chi connectivity index (χ1v) is 6.21. The van der Waals surface area contributed by atoms with Crippen LogP contribution in [0.2, 0.25) is 0 Å². The summed E-state index contributed by atoms with van der Waals surface area (Å²) in [5.41, 5.74) is 1.13. The Morgan fingerprint density at radius 1 is 1.44 bits per heavy atom. The number of anilines is 1. The molecule has 0 aliphatic carbocycles. The van der Waals surface area contributed by atoms with Crippen molar-refractivity contribution >= 4 is 11.8 Å². The molecule has 0 radical (unpaired) electrons. The lowest BCUT2D eigenvalue weighted by atomic mass is 9.82. The number of hydrogen-bond acceptors (Lipinski definition) is 4. The van der Waals surface area contributed by atoms with E-state index in [0.29, 0.717) is 6.54 Å². The van der Waals surface area contributed by atoms with Gasteiger partial charge < -0.3 is 10.0 Å².